The Hall–Kier alpha value is -1.73. The van der Waals surface area contributed by atoms with Gasteiger partial charge in [0.05, 0.1) is 11.4 Å². The summed E-state index contributed by atoms with van der Waals surface area (Å²) >= 11 is 6.46. The van der Waals surface area contributed by atoms with Crippen LogP contribution >= 0.6 is 23.4 Å². The molecule has 2 aromatic carbocycles. The lowest BCUT2D eigenvalue weighted by atomic mass is 10.1. The van der Waals surface area contributed by atoms with Gasteiger partial charge >= 0.3 is 6.18 Å². The first-order valence-electron chi connectivity index (χ1n) is 7.19. The zero-order valence-corrected chi connectivity index (χ0v) is 15.0. The van der Waals surface area contributed by atoms with Gasteiger partial charge in [-0.15, -0.1) is 11.8 Å². The molecule has 0 heterocycles. The number of aryl methyl sites for hydroxylation is 1. The van der Waals surface area contributed by atoms with Crippen molar-refractivity contribution in [1.29, 1.82) is 0 Å². The van der Waals surface area contributed by atoms with E-state index in [1.54, 1.807) is 31.2 Å². The van der Waals surface area contributed by atoms with Crippen LogP contribution in [0.4, 0.5) is 23.2 Å². The normalized spacial score (nSPS) is 12.4. The zero-order chi connectivity index (χ0) is 18.6. The summed E-state index contributed by atoms with van der Waals surface area (Å²) in [6.45, 7) is 1.57. The third-order valence-electron chi connectivity index (χ3n) is 3.25. The molecule has 0 aliphatic rings. The number of anilines is 1. The number of hydrogen-bond donors (Lipinski definition) is 1. The summed E-state index contributed by atoms with van der Waals surface area (Å²) in [7, 11) is 1.53. The fourth-order valence-electron chi connectivity index (χ4n) is 2.06. The minimum atomic E-state index is -4.29. The number of amidine groups is 1. The second-order valence-electron chi connectivity index (χ2n) is 5.21. The second-order valence-corrected chi connectivity index (χ2v) is 6.66. The highest BCUT2D eigenvalue weighted by Crippen LogP contribution is 2.32. The van der Waals surface area contributed by atoms with Crippen molar-refractivity contribution in [2.45, 2.75) is 18.0 Å². The van der Waals surface area contributed by atoms with E-state index in [4.69, 9.17) is 11.6 Å². The lowest BCUT2D eigenvalue weighted by Crippen LogP contribution is -2.15. The van der Waals surface area contributed by atoms with Gasteiger partial charge in [0.2, 0.25) is 0 Å². The molecule has 0 aromatic heterocycles. The Balaban J connectivity index is 2.27. The summed E-state index contributed by atoms with van der Waals surface area (Å²) in [5.41, 5.74) is 1.18. The Morgan fingerprint density at radius 1 is 1.20 bits per heavy atom. The SMILES string of the molecule is CN=C(Nc1cc(SCC(F)(F)F)c(C)cc1F)c1ccc(Cl)cc1. The predicted octanol–water partition coefficient (Wildman–Crippen LogP) is 5.93. The largest absolute Gasteiger partial charge is 0.398 e. The lowest BCUT2D eigenvalue weighted by Gasteiger charge is -2.14. The Bertz CT molecular complexity index is 773. The van der Waals surface area contributed by atoms with Crippen molar-refractivity contribution in [2.75, 3.05) is 18.1 Å². The molecule has 25 heavy (non-hydrogen) atoms. The van der Waals surface area contributed by atoms with E-state index in [9.17, 15) is 17.6 Å². The fourth-order valence-corrected chi connectivity index (χ4v) is 2.99. The Morgan fingerprint density at radius 3 is 2.40 bits per heavy atom. The van der Waals surface area contributed by atoms with Gasteiger partial charge in [-0.1, -0.05) is 11.6 Å². The average Bonchev–Trinajstić information content (AvgIpc) is 2.53. The molecular formula is C17H15ClF4N2S. The Kier molecular flexibility index (Phi) is 6.35. The van der Waals surface area contributed by atoms with Gasteiger partial charge in [-0.2, -0.15) is 13.2 Å². The van der Waals surface area contributed by atoms with Gasteiger partial charge in [-0.05, 0) is 48.9 Å². The molecule has 8 heteroatoms. The van der Waals surface area contributed by atoms with Gasteiger partial charge in [0.25, 0.3) is 0 Å². The van der Waals surface area contributed by atoms with Crippen LogP contribution in [0.2, 0.25) is 5.02 Å². The zero-order valence-electron chi connectivity index (χ0n) is 13.4. The van der Waals surface area contributed by atoms with Crippen molar-refractivity contribution in [3.05, 3.63) is 58.4 Å². The van der Waals surface area contributed by atoms with Crippen molar-refractivity contribution >= 4 is 34.9 Å². The van der Waals surface area contributed by atoms with E-state index in [-0.39, 0.29) is 5.69 Å². The predicted molar refractivity (Wildman–Crippen MR) is 95.5 cm³/mol. The van der Waals surface area contributed by atoms with E-state index >= 15 is 0 Å². The number of nitrogens with zero attached hydrogens (tertiary/aromatic N) is 1. The minimum Gasteiger partial charge on any atom is -0.338 e. The van der Waals surface area contributed by atoms with Crippen LogP contribution in [0, 0.1) is 12.7 Å². The molecule has 0 bridgehead atoms. The second kappa shape index (κ2) is 8.10. The summed E-state index contributed by atoms with van der Waals surface area (Å²) in [6.07, 6.45) is -4.29. The Morgan fingerprint density at radius 2 is 1.84 bits per heavy atom. The van der Waals surface area contributed by atoms with E-state index in [1.165, 1.54) is 19.2 Å². The standard InChI is InChI=1S/C17H15ClF4N2S/c1-10-7-13(19)14(8-15(10)25-9-17(20,21)22)24-16(23-2)11-3-5-12(18)6-4-11/h3-8H,9H2,1-2H3,(H,23,24). The maximum Gasteiger partial charge on any atom is 0.398 e. The first-order valence-corrected chi connectivity index (χ1v) is 8.55. The average molecular weight is 391 g/mol. The van der Waals surface area contributed by atoms with Crippen molar-refractivity contribution in [1.82, 2.24) is 0 Å². The maximum absolute atomic E-state index is 14.2. The number of hydrogen-bond acceptors (Lipinski definition) is 2. The van der Waals surface area contributed by atoms with Crippen molar-refractivity contribution in [2.24, 2.45) is 4.99 Å². The molecule has 0 spiro atoms. The van der Waals surface area contributed by atoms with Gasteiger partial charge in [-0.3, -0.25) is 4.99 Å². The third-order valence-corrected chi connectivity index (χ3v) is 4.72. The van der Waals surface area contributed by atoms with Crippen LogP contribution in [0.25, 0.3) is 0 Å². The van der Waals surface area contributed by atoms with Gasteiger partial charge < -0.3 is 5.32 Å². The molecule has 0 aliphatic carbocycles. The van der Waals surface area contributed by atoms with E-state index in [1.807, 2.05) is 0 Å². The van der Waals surface area contributed by atoms with Crippen LogP contribution in [0.5, 0.6) is 0 Å². The number of alkyl halides is 3. The van der Waals surface area contributed by atoms with Crippen molar-refractivity contribution in [3.63, 3.8) is 0 Å². The van der Waals surface area contributed by atoms with Crippen LogP contribution in [0.15, 0.2) is 46.3 Å². The molecular weight excluding hydrogens is 376 g/mol. The monoisotopic (exact) mass is 390 g/mol. The van der Waals surface area contributed by atoms with Gasteiger partial charge in [0.15, 0.2) is 0 Å². The van der Waals surface area contributed by atoms with Gasteiger partial charge in [0.1, 0.15) is 11.7 Å². The molecule has 2 rings (SSSR count). The van der Waals surface area contributed by atoms with E-state index in [0.717, 1.165) is 0 Å². The van der Waals surface area contributed by atoms with Crippen molar-refractivity contribution < 1.29 is 17.6 Å². The van der Waals surface area contributed by atoms with Crippen LogP contribution in [-0.4, -0.2) is 24.8 Å². The van der Waals surface area contributed by atoms with E-state index < -0.39 is 17.7 Å². The molecule has 0 unspecified atom stereocenters. The number of rotatable bonds is 4. The van der Waals surface area contributed by atoms with Crippen LogP contribution in [0.1, 0.15) is 11.1 Å². The molecule has 2 nitrogen and oxygen atoms in total. The summed E-state index contributed by atoms with van der Waals surface area (Å²) in [4.78, 5) is 4.43. The lowest BCUT2D eigenvalue weighted by molar-refractivity contribution is -0.105. The maximum atomic E-state index is 14.2. The summed E-state index contributed by atoms with van der Waals surface area (Å²) in [5, 5.41) is 3.38. The number of nitrogens with one attached hydrogen (secondary N) is 1. The molecule has 0 aliphatic heterocycles. The molecule has 0 saturated carbocycles. The van der Waals surface area contributed by atoms with Gasteiger partial charge in [0, 0.05) is 22.5 Å². The number of thioether (sulfide) groups is 1. The highest BCUT2D eigenvalue weighted by atomic mass is 35.5. The highest BCUT2D eigenvalue weighted by molar-refractivity contribution is 7.99. The molecule has 0 fully saturated rings. The summed E-state index contributed by atoms with van der Waals surface area (Å²) < 4.78 is 51.5. The third kappa shape index (κ3) is 5.64. The van der Waals surface area contributed by atoms with E-state index in [0.29, 0.717) is 38.6 Å². The molecule has 0 radical (unpaired) electrons. The topological polar surface area (TPSA) is 24.4 Å². The first-order chi connectivity index (χ1) is 11.7. The molecule has 134 valence electrons. The summed E-state index contributed by atoms with van der Waals surface area (Å²) in [5.74, 6) is -1.22. The Labute approximate surface area is 152 Å². The van der Waals surface area contributed by atoms with Crippen LogP contribution in [0.3, 0.4) is 0 Å². The summed E-state index contributed by atoms with van der Waals surface area (Å²) in [6, 6.07) is 9.32. The van der Waals surface area contributed by atoms with Crippen LogP contribution < -0.4 is 5.32 Å². The number of halogens is 5. The fraction of sp³-hybridized carbons (Fsp3) is 0.235. The number of benzene rings is 2. The van der Waals surface area contributed by atoms with Gasteiger partial charge in [-0.25, -0.2) is 4.39 Å². The molecule has 2 aromatic rings. The molecule has 0 atom stereocenters. The molecule has 0 saturated heterocycles. The number of aliphatic imine (C=N–C) groups is 1. The minimum absolute atomic E-state index is 0.0609. The highest BCUT2D eigenvalue weighted by Gasteiger charge is 2.27. The van der Waals surface area contributed by atoms with Crippen molar-refractivity contribution in [3.8, 4) is 0 Å². The first kappa shape index (κ1) is 19.6. The van der Waals surface area contributed by atoms with Crippen LogP contribution in [-0.2, 0) is 0 Å². The smallest absolute Gasteiger partial charge is 0.338 e. The molecule has 1 N–H and O–H groups in total. The van der Waals surface area contributed by atoms with E-state index in [2.05, 4.69) is 10.3 Å². The molecule has 0 amide bonds. The quantitative estimate of drug-likeness (QED) is 0.303.